The minimum atomic E-state index is -0.0336. The predicted octanol–water partition coefficient (Wildman–Crippen LogP) is 1.78. The van der Waals surface area contributed by atoms with Crippen molar-refractivity contribution < 1.29 is 9.32 Å². The van der Waals surface area contributed by atoms with Crippen molar-refractivity contribution in [2.75, 3.05) is 6.54 Å². The van der Waals surface area contributed by atoms with Crippen molar-refractivity contribution in [3.63, 3.8) is 0 Å². The Balaban J connectivity index is 1.64. The van der Waals surface area contributed by atoms with Crippen LogP contribution in [0, 0.1) is 6.92 Å². The Morgan fingerprint density at radius 3 is 2.95 bits per heavy atom. The Hall–Kier alpha value is -1.47. The average Bonchev–Trinajstić information content (AvgIpc) is 2.96. The van der Waals surface area contributed by atoms with Gasteiger partial charge in [0.2, 0.25) is 5.91 Å². The van der Waals surface area contributed by atoms with Crippen molar-refractivity contribution in [1.29, 1.82) is 0 Å². The molecule has 0 aliphatic carbocycles. The van der Waals surface area contributed by atoms with Crippen LogP contribution in [0.25, 0.3) is 0 Å². The van der Waals surface area contributed by atoms with Crippen molar-refractivity contribution in [3.05, 3.63) is 27.0 Å². The molecule has 0 fully saturated rings. The van der Waals surface area contributed by atoms with Crippen LogP contribution in [0.15, 0.2) is 10.6 Å². The van der Waals surface area contributed by atoms with E-state index in [1.165, 1.54) is 0 Å². The van der Waals surface area contributed by atoms with Gasteiger partial charge in [-0.3, -0.25) is 4.79 Å². The molecule has 2 heterocycles. The molecule has 0 saturated heterocycles. The van der Waals surface area contributed by atoms with Crippen molar-refractivity contribution in [2.24, 2.45) is 0 Å². The molecule has 0 spiro atoms. The Labute approximate surface area is 119 Å². The van der Waals surface area contributed by atoms with Gasteiger partial charge in [-0.25, -0.2) is 0 Å². The zero-order valence-electron chi connectivity index (χ0n) is 10.4. The van der Waals surface area contributed by atoms with Gasteiger partial charge in [-0.15, -0.1) is 21.5 Å². The van der Waals surface area contributed by atoms with Crippen LogP contribution >= 0.6 is 22.9 Å². The maximum atomic E-state index is 11.6. The highest BCUT2D eigenvalue weighted by Crippen LogP contribution is 2.10. The lowest BCUT2D eigenvalue weighted by Gasteiger charge is -2.02. The number of rotatable bonds is 6. The molecule has 0 aromatic carbocycles. The summed E-state index contributed by atoms with van der Waals surface area (Å²) in [6.45, 7) is 2.47. The minimum Gasteiger partial charge on any atom is -0.360 e. The van der Waals surface area contributed by atoms with Crippen LogP contribution in [-0.4, -0.2) is 27.8 Å². The van der Waals surface area contributed by atoms with Crippen LogP contribution in [0.4, 0.5) is 0 Å². The van der Waals surface area contributed by atoms with Gasteiger partial charge in [0.1, 0.15) is 15.8 Å². The SMILES string of the molecule is Cc1nnc(CCNC(=O)CCc2cc(Cl)no2)s1. The lowest BCUT2D eigenvalue weighted by Crippen LogP contribution is -2.25. The van der Waals surface area contributed by atoms with Crippen molar-refractivity contribution >= 4 is 28.8 Å². The number of carbonyl (C=O) groups excluding carboxylic acids is 1. The fourth-order valence-electron chi connectivity index (χ4n) is 1.48. The Kier molecular flexibility index (Phi) is 4.86. The zero-order chi connectivity index (χ0) is 13.7. The van der Waals surface area contributed by atoms with Gasteiger partial charge >= 0.3 is 0 Å². The summed E-state index contributed by atoms with van der Waals surface area (Å²) in [5, 5.41) is 16.4. The zero-order valence-corrected chi connectivity index (χ0v) is 11.9. The van der Waals surface area contributed by atoms with Gasteiger partial charge in [-0.2, -0.15) is 0 Å². The molecule has 8 heteroatoms. The first-order valence-corrected chi connectivity index (χ1v) is 6.99. The van der Waals surface area contributed by atoms with Crippen LogP contribution in [0.3, 0.4) is 0 Å². The molecule has 2 rings (SSSR count). The third-order valence-electron chi connectivity index (χ3n) is 2.36. The molecule has 0 aliphatic heterocycles. The van der Waals surface area contributed by atoms with E-state index in [0.29, 0.717) is 36.7 Å². The molecule has 0 bridgehead atoms. The highest BCUT2D eigenvalue weighted by molar-refractivity contribution is 7.11. The van der Waals surface area contributed by atoms with E-state index in [1.807, 2.05) is 6.92 Å². The fraction of sp³-hybridized carbons (Fsp3) is 0.455. The Morgan fingerprint density at radius 2 is 2.32 bits per heavy atom. The highest BCUT2D eigenvalue weighted by Gasteiger charge is 2.07. The molecule has 1 amide bonds. The number of nitrogens with zero attached hydrogens (tertiary/aromatic N) is 3. The molecule has 6 nitrogen and oxygen atoms in total. The molecule has 0 unspecified atom stereocenters. The Morgan fingerprint density at radius 1 is 1.47 bits per heavy atom. The second-order valence-electron chi connectivity index (χ2n) is 3.93. The van der Waals surface area contributed by atoms with Gasteiger partial charge in [0, 0.05) is 31.9 Å². The van der Waals surface area contributed by atoms with E-state index in [1.54, 1.807) is 17.4 Å². The third-order valence-corrected chi connectivity index (χ3v) is 3.43. The van der Waals surface area contributed by atoms with Gasteiger partial charge < -0.3 is 9.84 Å². The van der Waals surface area contributed by atoms with E-state index >= 15 is 0 Å². The quantitative estimate of drug-likeness (QED) is 0.879. The summed E-state index contributed by atoms with van der Waals surface area (Å²) >= 11 is 7.15. The molecule has 0 saturated carbocycles. The van der Waals surface area contributed by atoms with Crippen molar-refractivity contribution in [1.82, 2.24) is 20.7 Å². The number of aromatic nitrogens is 3. The van der Waals surface area contributed by atoms with Crippen molar-refractivity contribution in [2.45, 2.75) is 26.2 Å². The van der Waals surface area contributed by atoms with Crippen LogP contribution in [-0.2, 0) is 17.6 Å². The van der Waals surface area contributed by atoms with Gasteiger partial charge in [0.05, 0.1) is 0 Å². The molecule has 1 N–H and O–H groups in total. The number of aryl methyl sites for hydroxylation is 2. The predicted molar refractivity (Wildman–Crippen MR) is 71.2 cm³/mol. The van der Waals surface area contributed by atoms with E-state index < -0.39 is 0 Å². The molecule has 2 aromatic rings. The summed E-state index contributed by atoms with van der Waals surface area (Å²) in [5.41, 5.74) is 0. The summed E-state index contributed by atoms with van der Waals surface area (Å²) in [6, 6.07) is 1.61. The summed E-state index contributed by atoms with van der Waals surface area (Å²) < 4.78 is 4.91. The largest absolute Gasteiger partial charge is 0.360 e. The fourth-order valence-corrected chi connectivity index (χ4v) is 2.34. The number of hydrogen-bond acceptors (Lipinski definition) is 6. The van der Waals surface area contributed by atoms with Crippen molar-refractivity contribution in [3.8, 4) is 0 Å². The molecule has 0 atom stereocenters. The molecule has 0 radical (unpaired) electrons. The van der Waals surface area contributed by atoms with Gasteiger partial charge in [0.15, 0.2) is 5.15 Å². The maximum absolute atomic E-state index is 11.6. The lowest BCUT2D eigenvalue weighted by molar-refractivity contribution is -0.121. The van der Waals surface area contributed by atoms with E-state index in [0.717, 1.165) is 10.0 Å². The first kappa shape index (κ1) is 14.0. The molecule has 19 heavy (non-hydrogen) atoms. The highest BCUT2D eigenvalue weighted by atomic mass is 35.5. The number of halogens is 1. The first-order chi connectivity index (χ1) is 9.13. The van der Waals surface area contributed by atoms with Crippen LogP contribution in [0.1, 0.15) is 22.2 Å². The topological polar surface area (TPSA) is 80.9 Å². The van der Waals surface area contributed by atoms with Gasteiger partial charge in [-0.05, 0) is 6.92 Å². The normalized spacial score (nSPS) is 10.6. The second kappa shape index (κ2) is 6.63. The lowest BCUT2D eigenvalue weighted by atomic mass is 10.2. The third kappa shape index (κ3) is 4.60. The second-order valence-corrected chi connectivity index (χ2v) is 5.58. The first-order valence-electron chi connectivity index (χ1n) is 5.80. The molecule has 2 aromatic heterocycles. The number of carbonyl (C=O) groups is 1. The number of amides is 1. The van der Waals surface area contributed by atoms with Crippen LogP contribution < -0.4 is 5.32 Å². The minimum absolute atomic E-state index is 0.0336. The number of nitrogens with one attached hydrogen (secondary N) is 1. The standard InChI is InChI=1S/C11H13ClN4O2S/c1-7-14-15-11(19-7)4-5-13-10(17)3-2-8-6-9(12)16-18-8/h6H,2-5H2,1H3,(H,13,17). The average molecular weight is 301 g/mol. The monoisotopic (exact) mass is 300 g/mol. The molecule has 102 valence electrons. The van der Waals surface area contributed by atoms with E-state index in [-0.39, 0.29) is 5.91 Å². The van der Waals surface area contributed by atoms with Crippen LogP contribution in [0.2, 0.25) is 5.15 Å². The molecular weight excluding hydrogens is 288 g/mol. The summed E-state index contributed by atoms with van der Waals surface area (Å²) in [6.07, 6.45) is 1.54. The van der Waals surface area contributed by atoms with E-state index in [2.05, 4.69) is 20.7 Å². The summed E-state index contributed by atoms with van der Waals surface area (Å²) in [7, 11) is 0. The van der Waals surface area contributed by atoms with Gasteiger partial charge in [-0.1, -0.05) is 16.8 Å². The smallest absolute Gasteiger partial charge is 0.220 e. The molecule has 0 aliphatic rings. The number of hydrogen-bond donors (Lipinski definition) is 1. The van der Waals surface area contributed by atoms with Crippen LogP contribution in [0.5, 0.6) is 0 Å². The summed E-state index contributed by atoms with van der Waals surface area (Å²) in [4.78, 5) is 11.6. The van der Waals surface area contributed by atoms with Gasteiger partial charge in [0.25, 0.3) is 0 Å². The maximum Gasteiger partial charge on any atom is 0.220 e. The van der Waals surface area contributed by atoms with E-state index in [9.17, 15) is 4.79 Å². The Bertz CT molecular complexity index is 554. The van der Waals surface area contributed by atoms with E-state index in [4.69, 9.17) is 16.1 Å². The molecular formula is C11H13ClN4O2S. The summed E-state index contributed by atoms with van der Waals surface area (Å²) in [5.74, 6) is 0.577.